The van der Waals surface area contributed by atoms with Crippen LogP contribution in [-0.2, 0) is 11.3 Å². The highest BCUT2D eigenvalue weighted by molar-refractivity contribution is 5.46. The molecule has 0 saturated heterocycles. The van der Waals surface area contributed by atoms with E-state index in [1.54, 1.807) is 0 Å². The van der Waals surface area contributed by atoms with Crippen molar-refractivity contribution in [1.82, 2.24) is 5.48 Å². The molecule has 1 aliphatic carbocycles. The summed E-state index contributed by atoms with van der Waals surface area (Å²) in [6.45, 7) is 2.07. The zero-order chi connectivity index (χ0) is 8.84. The Kier molecular flexibility index (Phi) is 1.30. The molecular weight excluding hydrogens is 162 g/mol. The molecule has 1 atom stereocenters. The van der Waals surface area contributed by atoms with Gasteiger partial charge in [-0.2, -0.15) is 0 Å². The minimum Gasteiger partial charge on any atom is -0.270 e. The maximum absolute atomic E-state index is 5.49. The van der Waals surface area contributed by atoms with Gasteiger partial charge in [0.2, 0.25) is 0 Å². The van der Waals surface area contributed by atoms with Crippen molar-refractivity contribution >= 4 is 0 Å². The number of fused-ring (bicyclic) bond motifs is 3. The molecule has 1 N–H and O–H groups in total. The van der Waals surface area contributed by atoms with Crippen LogP contribution in [0.1, 0.15) is 24.2 Å². The first-order valence-electron chi connectivity index (χ1n) is 4.55. The van der Waals surface area contributed by atoms with Crippen LogP contribution in [0.4, 0.5) is 0 Å². The fourth-order valence-corrected chi connectivity index (χ4v) is 2.11. The molecule has 0 saturated carbocycles. The van der Waals surface area contributed by atoms with E-state index in [2.05, 4.69) is 36.7 Å². The van der Waals surface area contributed by atoms with Crippen LogP contribution in [0.25, 0.3) is 0 Å². The van der Waals surface area contributed by atoms with E-state index in [9.17, 15) is 0 Å². The van der Waals surface area contributed by atoms with Gasteiger partial charge in [-0.15, -0.1) is 0 Å². The number of rotatable bonds is 0. The number of allylic oxidation sites excluding steroid dienone is 1. The van der Waals surface area contributed by atoms with Crippen LogP contribution in [0.5, 0.6) is 0 Å². The second-order valence-electron chi connectivity index (χ2n) is 3.63. The third-order valence-electron chi connectivity index (χ3n) is 2.85. The first-order chi connectivity index (χ1) is 6.36. The van der Waals surface area contributed by atoms with Crippen LogP contribution in [0.3, 0.4) is 0 Å². The molecule has 1 aromatic carbocycles. The molecule has 2 aliphatic rings. The van der Waals surface area contributed by atoms with E-state index in [-0.39, 0.29) is 6.10 Å². The smallest absolute Gasteiger partial charge is 0.134 e. The second kappa shape index (κ2) is 2.36. The van der Waals surface area contributed by atoms with Gasteiger partial charge in [0.1, 0.15) is 6.10 Å². The van der Waals surface area contributed by atoms with Crippen LogP contribution >= 0.6 is 0 Å². The fraction of sp³-hybridized carbons (Fsp3) is 0.273. The van der Waals surface area contributed by atoms with Gasteiger partial charge in [0.25, 0.3) is 0 Å². The van der Waals surface area contributed by atoms with Gasteiger partial charge in [0.15, 0.2) is 0 Å². The summed E-state index contributed by atoms with van der Waals surface area (Å²) in [6.07, 6.45) is 1.22. The molecule has 66 valence electrons. The summed E-state index contributed by atoms with van der Waals surface area (Å²) in [7, 11) is 0. The van der Waals surface area contributed by atoms with Crippen LogP contribution in [0.2, 0.25) is 0 Å². The predicted molar refractivity (Wildman–Crippen MR) is 49.8 cm³/mol. The first kappa shape index (κ1) is 7.15. The Morgan fingerprint density at radius 2 is 2.23 bits per heavy atom. The largest absolute Gasteiger partial charge is 0.270 e. The highest BCUT2D eigenvalue weighted by atomic mass is 16.7. The standard InChI is InChI=1S/C11H11NO/c1-7-10-6-8-4-2-3-5-9(8)11(10)13-12-7/h2-5,11-12H,6H2,1H3. The van der Waals surface area contributed by atoms with Crippen LogP contribution in [0, 0.1) is 0 Å². The summed E-state index contributed by atoms with van der Waals surface area (Å²) in [5.41, 5.74) is 8.24. The highest BCUT2D eigenvalue weighted by Gasteiger charge is 2.33. The maximum atomic E-state index is 5.49. The Bertz CT molecular complexity index is 395. The number of nitrogens with one attached hydrogen (secondary N) is 1. The quantitative estimate of drug-likeness (QED) is 0.648. The van der Waals surface area contributed by atoms with Crippen molar-refractivity contribution in [2.75, 3.05) is 0 Å². The molecule has 0 spiro atoms. The molecule has 1 heterocycles. The van der Waals surface area contributed by atoms with Crippen molar-refractivity contribution in [3.63, 3.8) is 0 Å². The van der Waals surface area contributed by atoms with E-state index < -0.39 is 0 Å². The summed E-state index contributed by atoms with van der Waals surface area (Å²) in [5.74, 6) is 0. The van der Waals surface area contributed by atoms with Crippen molar-refractivity contribution in [3.05, 3.63) is 46.7 Å². The van der Waals surface area contributed by atoms with Crippen LogP contribution in [-0.4, -0.2) is 0 Å². The van der Waals surface area contributed by atoms with Gasteiger partial charge >= 0.3 is 0 Å². The summed E-state index contributed by atoms with van der Waals surface area (Å²) in [6, 6.07) is 8.48. The average Bonchev–Trinajstić information content (AvgIpc) is 2.67. The molecule has 0 fully saturated rings. The van der Waals surface area contributed by atoms with Gasteiger partial charge in [0, 0.05) is 5.70 Å². The Morgan fingerprint density at radius 3 is 3.15 bits per heavy atom. The lowest BCUT2D eigenvalue weighted by Crippen LogP contribution is -2.06. The van der Waals surface area contributed by atoms with Gasteiger partial charge in [-0.05, 0) is 30.0 Å². The third-order valence-corrected chi connectivity index (χ3v) is 2.85. The van der Waals surface area contributed by atoms with Gasteiger partial charge in [0.05, 0.1) is 0 Å². The molecule has 1 aliphatic heterocycles. The number of hydrogen-bond acceptors (Lipinski definition) is 2. The van der Waals surface area contributed by atoms with Crippen molar-refractivity contribution in [2.24, 2.45) is 0 Å². The number of hydrogen-bond donors (Lipinski definition) is 1. The third kappa shape index (κ3) is 0.864. The van der Waals surface area contributed by atoms with Crippen molar-refractivity contribution in [2.45, 2.75) is 19.4 Å². The van der Waals surface area contributed by atoms with Crippen molar-refractivity contribution in [1.29, 1.82) is 0 Å². The molecule has 1 unspecified atom stereocenters. The lowest BCUT2D eigenvalue weighted by atomic mass is 10.1. The lowest BCUT2D eigenvalue weighted by molar-refractivity contribution is 0.0405. The SMILES string of the molecule is CC1=C2Cc3ccccc3C2ON1. The molecular formula is C11H11NO. The van der Waals surface area contributed by atoms with Crippen LogP contribution in [0.15, 0.2) is 35.5 Å². The Hall–Kier alpha value is -1.28. The second-order valence-corrected chi connectivity index (χ2v) is 3.63. The molecule has 2 nitrogen and oxygen atoms in total. The normalized spacial score (nSPS) is 24.2. The Labute approximate surface area is 77.2 Å². The van der Waals surface area contributed by atoms with E-state index in [4.69, 9.17) is 4.84 Å². The van der Waals surface area contributed by atoms with E-state index in [1.807, 2.05) is 0 Å². The van der Waals surface area contributed by atoms with Gasteiger partial charge in [-0.25, -0.2) is 0 Å². The zero-order valence-electron chi connectivity index (χ0n) is 7.50. The Morgan fingerprint density at radius 1 is 1.38 bits per heavy atom. The van der Waals surface area contributed by atoms with Crippen molar-refractivity contribution < 1.29 is 4.84 Å². The molecule has 3 rings (SSSR count). The summed E-state index contributed by atoms with van der Waals surface area (Å²) in [4.78, 5) is 5.49. The molecule has 1 aromatic rings. The lowest BCUT2D eigenvalue weighted by Gasteiger charge is -2.05. The highest BCUT2D eigenvalue weighted by Crippen LogP contribution is 2.41. The Balaban J connectivity index is 2.16. The van der Waals surface area contributed by atoms with Crippen molar-refractivity contribution in [3.8, 4) is 0 Å². The molecule has 0 radical (unpaired) electrons. The van der Waals surface area contributed by atoms with E-state index >= 15 is 0 Å². The van der Waals surface area contributed by atoms with E-state index in [0.717, 1.165) is 6.42 Å². The molecule has 2 heteroatoms. The first-order valence-corrected chi connectivity index (χ1v) is 4.55. The van der Waals surface area contributed by atoms with E-state index in [0.29, 0.717) is 0 Å². The average molecular weight is 173 g/mol. The molecule has 0 amide bonds. The predicted octanol–water partition coefficient (Wildman–Crippen LogP) is 2.09. The summed E-state index contributed by atoms with van der Waals surface area (Å²) in [5, 5.41) is 0. The number of benzene rings is 1. The summed E-state index contributed by atoms with van der Waals surface area (Å²) >= 11 is 0. The molecule has 13 heavy (non-hydrogen) atoms. The minimum absolute atomic E-state index is 0.177. The van der Waals surface area contributed by atoms with E-state index in [1.165, 1.54) is 22.4 Å². The maximum Gasteiger partial charge on any atom is 0.134 e. The van der Waals surface area contributed by atoms with Gasteiger partial charge in [-0.3, -0.25) is 10.3 Å². The molecule has 0 aromatic heterocycles. The molecule has 0 bridgehead atoms. The van der Waals surface area contributed by atoms with Crippen LogP contribution < -0.4 is 5.48 Å². The van der Waals surface area contributed by atoms with Gasteiger partial charge in [-0.1, -0.05) is 24.3 Å². The minimum atomic E-state index is 0.177. The zero-order valence-corrected chi connectivity index (χ0v) is 7.50. The monoisotopic (exact) mass is 173 g/mol. The number of hydroxylamine groups is 1. The fourth-order valence-electron chi connectivity index (χ4n) is 2.11. The topological polar surface area (TPSA) is 21.3 Å². The van der Waals surface area contributed by atoms with Gasteiger partial charge < -0.3 is 0 Å². The summed E-state index contributed by atoms with van der Waals surface area (Å²) < 4.78 is 0.